The molecule has 86 valence electrons. The molecule has 5 heteroatoms. The number of nitrogens with one attached hydrogen (secondary N) is 2. The van der Waals surface area contributed by atoms with Gasteiger partial charge in [0, 0.05) is 29.8 Å². The van der Waals surface area contributed by atoms with Crippen molar-refractivity contribution in [3.05, 3.63) is 40.4 Å². The first-order valence-electron chi connectivity index (χ1n) is 5.27. The van der Waals surface area contributed by atoms with Crippen LogP contribution in [0.4, 0.5) is 0 Å². The second-order valence-electron chi connectivity index (χ2n) is 3.76. The van der Waals surface area contributed by atoms with Gasteiger partial charge in [-0.15, -0.1) is 0 Å². The second kappa shape index (κ2) is 4.76. The van der Waals surface area contributed by atoms with E-state index in [9.17, 15) is 4.79 Å². The van der Waals surface area contributed by atoms with Gasteiger partial charge in [-0.05, 0) is 19.2 Å². The van der Waals surface area contributed by atoms with E-state index in [1.165, 1.54) is 0 Å². The van der Waals surface area contributed by atoms with Gasteiger partial charge in [-0.2, -0.15) is 5.26 Å². The van der Waals surface area contributed by atoms with Crippen LogP contribution < -0.4 is 10.9 Å². The highest BCUT2D eigenvalue weighted by molar-refractivity contribution is 5.77. The Balaban J connectivity index is 2.45. The van der Waals surface area contributed by atoms with E-state index >= 15 is 0 Å². The fraction of sp³-hybridized carbons (Fsp3) is 0.250. The van der Waals surface area contributed by atoms with Crippen molar-refractivity contribution in [2.45, 2.75) is 12.5 Å². The van der Waals surface area contributed by atoms with Crippen LogP contribution in [0.1, 0.15) is 5.56 Å². The molecule has 2 aromatic heterocycles. The molecule has 0 amide bonds. The molecule has 2 heterocycles. The first kappa shape index (κ1) is 11.3. The normalized spacial score (nSPS) is 12.2. The van der Waals surface area contributed by atoms with Gasteiger partial charge in [0.25, 0.3) is 5.56 Å². The van der Waals surface area contributed by atoms with Crippen molar-refractivity contribution in [2.24, 2.45) is 0 Å². The van der Waals surface area contributed by atoms with Crippen LogP contribution in [0.15, 0.2) is 29.3 Å². The topological polar surface area (TPSA) is 81.6 Å². The zero-order valence-electron chi connectivity index (χ0n) is 9.40. The largest absolute Gasteiger partial charge is 0.322 e. The number of rotatable bonds is 3. The van der Waals surface area contributed by atoms with E-state index in [1.807, 2.05) is 0 Å². The number of likely N-dealkylation sites (N-methyl/N-ethyl adjacent to an activating group) is 1. The van der Waals surface area contributed by atoms with Gasteiger partial charge in [0.2, 0.25) is 0 Å². The number of nitrogens with zero attached hydrogens (tertiary/aromatic N) is 2. The molecular formula is C12H12N4O. The minimum absolute atomic E-state index is 0.154. The monoisotopic (exact) mass is 228 g/mol. The molecule has 0 spiro atoms. The van der Waals surface area contributed by atoms with Gasteiger partial charge in [0.05, 0.1) is 17.6 Å². The quantitative estimate of drug-likeness (QED) is 0.805. The highest BCUT2D eigenvalue weighted by Gasteiger charge is 2.09. The van der Waals surface area contributed by atoms with Crippen LogP contribution in [0.25, 0.3) is 10.9 Å². The third-order valence-corrected chi connectivity index (χ3v) is 2.65. The lowest BCUT2D eigenvalue weighted by molar-refractivity contribution is 0.672. The van der Waals surface area contributed by atoms with Crippen molar-refractivity contribution in [1.29, 1.82) is 5.26 Å². The molecule has 0 unspecified atom stereocenters. The summed E-state index contributed by atoms with van der Waals surface area (Å²) in [5.41, 5.74) is 1.19. The first-order valence-corrected chi connectivity index (χ1v) is 5.27. The van der Waals surface area contributed by atoms with Crippen LogP contribution >= 0.6 is 0 Å². The van der Waals surface area contributed by atoms with Crippen molar-refractivity contribution >= 4 is 10.9 Å². The van der Waals surface area contributed by atoms with E-state index in [2.05, 4.69) is 21.4 Å². The van der Waals surface area contributed by atoms with Crippen LogP contribution in [-0.2, 0) is 6.42 Å². The molecule has 2 rings (SSSR count). The second-order valence-corrected chi connectivity index (χ2v) is 3.76. The maximum absolute atomic E-state index is 11.8. The van der Waals surface area contributed by atoms with E-state index in [4.69, 9.17) is 5.26 Å². The fourth-order valence-electron chi connectivity index (χ4n) is 1.68. The number of hydrogen-bond donors (Lipinski definition) is 2. The van der Waals surface area contributed by atoms with Gasteiger partial charge >= 0.3 is 0 Å². The first-order chi connectivity index (χ1) is 8.24. The lowest BCUT2D eigenvalue weighted by atomic mass is 10.1. The molecule has 0 bridgehead atoms. The smallest absolute Gasteiger partial charge is 0.251 e. The lowest BCUT2D eigenvalue weighted by Crippen LogP contribution is -2.28. The third-order valence-electron chi connectivity index (χ3n) is 2.65. The minimum atomic E-state index is -0.356. The molecule has 1 atom stereocenters. The van der Waals surface area contributed by atoms with E-state index in [-0.39, 0.29) is 11.6 Å². The molecule has 0 fully saturated rings. The Kier molecular flexibility index (Phi) is 3.17. The number of fused-ring (bicyclic) bond motifs is 1. The zero-order valence-corrected chi connectivity index (χ0v) is 9.40. The fourth-order valence-corrected chi connectivity index (χ4v) is 1.68. The molecule has 0 aromatic carbocycles. The SMILES string of the molecule is CN[C@@H](C#N)Cc1cc2cnccc2[nH]c1=O. The predicted octanol–water partition coefficient (Wildman–Crippen LogP) is 0.577. The number of H-pyrrole nitrogens is 1. The Morgan fingerprint density at radius 2 is 2.47 bits per heavy atom. The van der Waals surface area contributed by atoms with Crippen molar-refractivity contribution in [2.75, 3.05) is 7.05 Å². The molecule has 0 saturated carbocycles. The molecule has 0 radical (unpaired) electrons. The number of aromatic amines is 1. The Hall–Kier alpha value is -2.19. The van der Waals surface area contributed by atoms with Crippen LogP contribution in [0.2, 0.25) is 0 Å². The van der Waals surface area contributed by atoms with Crippen molar-refractivity contribution in [3.8, 4) is 6.07 Å². The van der Waals surface area contributed by atoms with Gasteiger partial charge in [-0.25, -0.2) is 0 Å². The Labute approximate surface area is 98.1 Å². The molecule has 0 aliphatic carbocycles. The summed E-state index contributed by atoms with van der Waals surface area (Å²) in [4.78, 5) is 18.6. The molecule has 17 heavy (non-hydrogen) atoms. The molecule has 5 nitrogen and oxygen atoms in total. The van der Waals surface area contributed by atoms with Crippen molar-refractivity contribution in [1.82, 2.24) is 15.3 Å². The number of aromatic nitrogens is 2. The molecule has 0 aliphatic rings. The van der Waals surface area contributed by atoms with E-state index < -0.39 is 0 Å². The summed E-state index contributed by atoms with van der Waals surface area (Å²) in [5.74, 6) is 0. The highest BCUT2D eigenvalue weighted by Crippen LogP contribution is 2.09. The number of nitriles is 1. The summed E-state index contributed by atoms with van der Waals surface area (Å²) in [6, 6.07) is 5.27. The summed E-state index contributed by atoms with van der Waals surface area (Å²) in [6.45, 7) is 0. The van der Waals surface area contributed by atoms with Crippen LogP contribution in [-0.4, -0.2) is 23.1 Å². The van der Waals surface area contributed by atoms with Crippen LogP contribution in [0.5, 0.6) is 0 Å². The molecule has 2 aromatic rings. The van der Waals surface area contributed by atoms with E-state index in [0.29, 0.717) is 12.0 Å². The molecule has 2 N–H and O–H groups in total. The molecule has 0 aliphatic heterocycles. The van der Waals surface area contributed by atoms with E-state index in [0.717, 1.165) is 10.9 Å². The number of pyridine rings is 2. The highest BCUT2D eigenvalue weighted by atomic mass is 16.1. The standard InChI is InChI=1S/C12H12N4O/c1-14-10(6-13)5-8-4-9-7-15-3-2-11(9)16-12(8)17/h2-4,7,10,14H,5H2,1H3,(H,16,17)/t10-/m1/s1. The van der Waals surface area contributed by atoms with Crippen LogP contribution in [0.3, 0.4) is 0 Å². The van der Waals surface area contributed by atoms with Crippen molar-refractivity contribution in [3.63, 3.8) is 0 Å². The number of hydrogen-bond acceptors (Lipinski definition) is 4. The average molecular weight is 228 g/mol. The van der Waals surface area contributed by atoms with E-state index in [1.54, 1.807) is 31.6 Å². The van der Waals surface area contributed by atoms with Gasteiger partial charge in [-0.3, -0.25) is 9.78 Å². The lowest BCUT2D eigenvalue weighted by Gasteiger charge is -2.07. The molecule has 0 saturated heterocycles. The minimum Gasteiger partial charge on any atom is -0.322 e. The van der Waals surface area contributed by atoms with Gasteiger partial charge < -0.3 is 10.3 Å². The summed E-state index contributed by atoms with van der Waals surface area (Å²) < 4.78 is 0. The van der Waals surface area contributed by atoms with Crippen LogP contribution in [0, 0.1) is 11.3 Å². The van der Waals surface area contributed by atoms with Crippen molar-refractivity contribution < 1.29 is 0 Å². The Morgan fingerprint density at radius 1 is 1.65 bits per heavy atom. The maximum atomic E-state index is 11.8. The third kappa shape index (κ3) is 2.32. The predicted molar refractivity (Wildman–Crippen MR) is 64.5 cm³/mol. The summed E-state index contributed by atoms with van der Waals surface area (Å²) >= 11 is 0. The maximum Gasteiger partial charge on any atom is 0.251 e. The Bertz CT molecular complexity index is 626. The summed E-state index contributed by atoms with van der Waals surface area (Å²) in [6.07, 6.45) is 3.70. The summed E-state index contributed by atoms with van der Waals surface area (Å²) in [7, 11) is 1.70. The molecular weight excluding hydrogens is 216 g/mol. The average Bonchev–Trinajstić information content (AvgIpc) is 2.36. The van der Waals surface area contributed by atoms with Gasteiger partial charge in [0.1, 0.15) is 0 Å². The zero-order chi connectivity index (χ0) is 12.3. The summed E-state index contributed by atoms with van der Waals surface area (Å²) in [5, 5.41) is 12.6. The van der Waals surface area contributed by atoms with Gasteiger partial charge in [-0.1, -0.05) is 0 Å². The van der Waals surface area contributed by atoms with Gasteiger partial charge in [0.15, 0.2) is 0 Å². The Morgan fingerprint density at radius 3 is 3.18 bits per heavy atom.